The molecule has 2 rings (SSSR count). The number of aromatic hydroxyl groups is 1. The van der Waals surface area contributed by atoms with Crippen LogP contribution in [0, 0.1) is 3.57 Å². The smallest absolute Gasteiger partial charge is 0.263 e. The highest BCUT2D eigenvalue weighted by molar-refractivity contribution is 14.1. The largest absolute Gasteiger partial charge is 0.506 e. The number of carbonyl (C=O) groups excluding carboxylic acids is 2. The molecule has 0 radical (unpaired) electrons. The van der Waals surface area contributed by atoms with Crippen LogP contribution in [0.4, 0.5) is 0 Å². The van der Waals surface area contributed by atoms with Crippen molar-refractivity contribution in [2.75, 3.05) is 0 Å². The summed E-state index contributed by atoms with van der Waals surface area (Å²) < 4.78 is 0.518. The molecule has 5 nitrogen and oxygen atoms in total. The molecule has 0 spiro atoms. The number of hydrogen-bond donors (Lipinski definition) is 3. The maximum absolute atomic E-state index is 11.7. The molecular formula is C11H6ClIN2O3S. The highest BCUT2D eigenvalue weighted by Crippen LogP contribution is 2.30. The molecule has 0 aromatic heterocycles. The molecule has 0 bridgehead atoms. The van der Waals surface area contributed by atoms with E-state index in [1.165, 1.54) is 12.1 Å². The number of carbonyl (C=O) groups is 2. The van der Waals surface area contributed by atoms with Crippen molar-refractivity contribution >= 4 is 69.4 Å². The molecule has 1 fully saturated rings. The van der Waals surface area contributed by atoms with Crippen LogP contribution in [0.15, 0.2) is 17.7 Å². The van der Waals surface area contributed by atoms with Crippen molar-refractivity contribution in [1.29, 1.82) is 0 Å². The van der Waals surface area contributed by atoms with E-state index < -0.39 is 11.8 Å². The fourth-order valence-corrected chi connectivity index (χ4v) is 2.70. The first kappa shape index (κ1) is 14.2. The second-order valence-electron chi connectivity index (χ2n) is 3.62. The van der Waals surface area contributed by atoms with Crippen LogP contribution in [0.3, 0.4) is 0 Å². The second-order valence-corrected chi connectivity index (χ2v) is 5.63. The van der Waals surface area contributed by atoms with Gasteiger partial charge in [-0.05, 0) is 53.0 Å². The van der Waals surface area contributed by atoms with Gasteiger partial charge in [-0.1, -0.05) is 11.6 Å². The molecule has 8 heteroatoms. The Bertz CT molecular complexity index is 623. The Morgan fingerprint density at radius 2 is 1.84 bits per heavy atom. The first-order valence-corrected chi connectivity index (χ1v) is 6.81. The SMILES string of the molecule is O=C1NC(=S)NC(=O)C1=Cc1cc(Cl)cc(I)c1O. The second kappa shape index (κ2) is 5.43. The number of nitrogens with one attached hydrogen (secondary N) is 2. The van der Waals surface area contributed by atoms with Gasteiger partial charge in [0.15, 0.2) is 5.11 Å². The summed E-state index contributed by atoms with van der Waals surface area (Å²) in [7, 11) is 0. The molecule has 1 saturated heterocycles. The molecule has 0 saturated carbocycles. The number of thiocarbonyl (C=S) groups is 1. The molecule has 0 atom stereocenters. The Morgan fingerprint density at radius 1 is 1.26 bits per heavy atom. The highest BCUT2D eigenvalue weighted by Gasteiger charge is 2.26. The van der Waals surface area contributed by atoms with Gasteiger partial charge in [-0.25, -0.2) is 0 Å². The van der Waals surface area contributed by atoms with E-state index in [9.17, 15) is 14.7 Å². The van der Waals surface area contributed by atoms with Crippen molar-refractivity contribution in [3.63, 3.8) is 0 Å². The quantitative estimate of drug-likeness (QED) is 0.285. The minimum absolute atomic E-state index is 0.0444. The minimum atomic E-state index is -0.622. The van der Waals surface area contributed by atoms with Crippen molar-refractivity contribution in [1.82, 2.24) is 10.6 Å². The normalized spacial score (nSPS) is 15.1. The van der Waals surface area contributed by atoms with Crippen molar-refractivity contribution in [3.05, 3.63) is 31.9 Å². The summed E-state index contributed by atoms with van der Waals surface area (Å²) in [5, 5.41) is 14.8. The zero-order chi connectivity index (χ0) is 14.2. The first-order valence-electron chi connectivity index (χ1n) is 4.95. The Kier molecular flexibility index (Phi) is 4.07. The van der Waals surface area contributed by atoms with Crippen LogP contribution in [0.2, 0.25) is 5.02 Å². The monoisotopic (exact) mass is 408 g/mol. The van der Waals surface area contributed by atoms with Gasteiger partial charge >= 0.3 is 0 Å². The fourth-order valence-electron chi connectivity index (χ4n) is 1.46. The summed E-state index contributed by atoms with van der Waals surface area (Å²) in [6.45, 7) is 0. The van der Waals surface area contributed by atoms with Gasteiger partial charge in [0, 0.05) is 10.6 Å². The Morgan fingerprint density at radius 3 is 2.42 bits per heavy atom. The Labute approximate surface area is 132 Å². The molecule has 1 aliphatic rings. The van der Waals surface area contributed by atoms with Crippen molar-refractivity contribution in [3.8, 4) is 5.75 Å². The predicted molar refractivity (Wildman–Crippen MR) is 82.7 cm³/mol. The van der Waals surface area contributed by atoms with Gasteiger partial charge in [0.05, 0.1) is 3.57 Å². The molecule has 2 amide bonds. The summed E-state index contributed by atoms with van der Waals surface area (Å²) in [5.74, 6) is -1.29. The number of halogens is 2. The fraction of sp³-hybridized carbons (Fsp3) is 0. The van der Waals surface area contributed by atoms with Crippen LogP contribution < -0.4 is 10.6 Å². The number of rotatable bonds is 1. The van der Waals surface area contributed by atoms with E-state index in [1.807, 2.05) is 22.6 Å². The van der Waals surface area contributed by atoms with Crippen LogP contribution >= 0.6 is 46.4 Å². The molecule has 1 aromatic rings. The average molecular weight is 409 g/mol. The molecular weight excluding hydrogens is 403 g/mol. The lowest BCUT2D eigenvalue weighted by atomic mass is 10.1. The molecule has 0 aliphatic carbocycles. The number of phenolic OH excluding ortho intramolecular Hbond substituents is 1. The van der Waals surface area contributed by atoms with Crippen molar-refractivity contribution < 1.29 is 14.7 Å². The highest BCUT2D eigenvalue weighted by atomic mass is 127. The topological polar surface area (TPSA) is 78.4 Å². The summed E-state index contributed by atoms with van der Waals surface area (Å²) in [6, 6.07) is 3.02. The number of hydrogen-bond acceptors (Lipinski definition) is 4. The van der Waals surface area contributed by atoms with Gasteiger partial charge < -0.3 is 5.11 Å². The standard InChI is InChI=1S/C11H6ClIN2O3S/c12-5-1-4(8(16)7(13)3-5)2-6-9(17)14-11(19)15-10(6)18/h1-3,16H,(H2,14,15,17,18,19). The average Bonchev–Trinajstić information content (AvgIpc) is 2.29. The third-order valence-electron chi connectivity index (χ3n) is 2.30. The van der Waals surface area contributed by atoms with Gasteiger partial charge in [0.1, 0.15) is 11.3 Å². The van der Waals surface area contributed by atoms with E-state index >= 15 is 0 Å². The van der Waals surface area contributed by atoms with Crippen molar-refractivity contribution in [2.24, 2.45) is 0 Å². The van der Waals surface area contributed by atoms with E-state index in [1.54, 1.807) is 6.07 Å². The van der Waals surface area contributed by atoms with Gasteiger partial charge in [-0.2, -0.15) is 0 Å². The minimum Gasteiger partial charge on any atom is -0.506 e. The zero-order valence-electron chi connectivity index (χ0n) is 9.16. The van der Waals surface area contributed by atoms with E-state index in [2.05, 4.69) is 22.9 Å². The molecule has 19 heavy (non-hydrogen) atoms. The maximum Gasteiger partial charge on any atom is 0.263 e. The van der Waals surface area contributed by atoms with Crippen molar-refractivity contribution in [2.45, 2.75) is 0 Å². The van der Waals surface area contributed by atoms with Crippen LogP contribution in [0.25, 0.3) is 6.08 Å². The van der Waals surface area contributed by atoms with E-state index in [-0.39, 0.29) is 22.0 Å². The van der Waals surface area contributed by atoms with Gasteiger partial charge in [0.2, 0.25) is 0 Å². The molecule has 0 unspecified atom stereocenters. The van der Waals surface area contributed by atoms with Gasteiger partial charge in [-0.3, -0.25) is 20.2 Å². The lowest BCUT2D eigenvalue weighted by Crippen LogP contribution is -2.51. The zero-order valence-corrected chi connectivity index (χ0v) is 12.9. The van der Waals surface area contributed by atoms with E-state index in [4.69, 9.17) is 11.6 Å². The van der Waals surface area contributed by atoms with Gasteiger partial charge in [-0.15, -0.1) is 0 Å². The molecule has 1 aliphatic heterocycles. The first-order chi connectivity index (χ1) is 8.88. The number of phenols is 1. The lowest BCUT2D eigenvalue weighted by Gasteiger charge is -2.16. The Hall–Kier alpha value is -1.19. The van der Waals surface area contributed by atoms with Crippen LogP contribution in [0.5, 0.6) is 5.75 Å². The lowest BCUT2D eigenvalue weighted by molar-refractivity contribution is -0.123. The number of amides is 2. The maximum atomic E-state index is 11.7. The summed E-state index contributed by atoms with van der Waals surface area (Å²) in [4.78, 5) is 23.3. The molecule has 3 N–H and O–H groups in total. The summed E-state index contributed by atoms with van der Waals surface area (Å²) >= 11 is 12.4. The van der Waals surface area contributed by atoms with E-state index in [0.29, 0.717) is 8.59 Å². The van der Waals surface area contributed by atoms with Gasteiger partial charge in [0.25, 0.3) is 11.8 Å². The number of benzene rings is 1. The molecule has 98 valence electrons. The van der Waals surface area contributed by atoms with Crippen LogP contribution in [0.1, 0.15) is 5.56 Å². The predicted octanol–water partition coefficient (Wildman–Crippen LogP) is 1.56. The Balaban J connectivity index is 2.49. The summed E-state index contributed by atoms with van der Waals surface area (Å²) in [5.41, 5.74) is 0.131. The summed E-state index contributed by atoms with van der Waals surface area (Å²) in [6.07, 6.45) is 1.26. The third-order valence-corrected chi connectivity index (χ3v) is 3.55. The molecule has 1 aromatic carbocycles. The third kappa shape index (κ3) is 3.04. The molecule has 1 heterocycles. The van der Waals surface area contributed by atoms with Crippen LogP contribution in [-0.4, -0.2) is 22.0 Å². The van der Waals surface area contributed by atoms with E-state index in [0.717, 1.165) is 0 Å². The van der Waals surface area contributed by atoms with Crippen LogP contribution in [-0.2, 0) is 9.59 Å².